The van der Waals surface area contributed by atoms with Crippen molar-refractivity contribution >= 4 is 29.3 Å². The van der Waals surface area contributed by atoms with Crippen LogP contribution in [0.15, 0.2) is 54.6 Å². The largest absolute Gasteiger partial charge is 0.345 e. The van der Waals surface area contributed by atoms with Crippen molar-refractivity contribution < 1.29 is 9.72 Å². The van der Waals surface area contributed by atoms with Crippen molar-refractivity contribution in [2.75, 3.05) is 0 Å². The van der Waals surface area contributed by atoms with Crippen molar-refractivity contribution in [1.82, 2.24) is 25.5 Å². The fraction of sp³-hybridized carbons (Fsp3) is 0.0588. The Morgan fingerprint density at radius 1 is 1.19 bits per heavy atom. The number of tetrazole rings is 1. The monoisotopic (exact) mass is 384 g/mol. The molecule has 0 aliphatic carbocycles. The van der Waals surface area contributed by atoms with Gasteiger partial charge in [0.15, 0.2) is 5.82 Å². The van der Waals surface area contributed by atoms with Crippen LogP contribution in [0.2, 0.25) is 5.02 Å². The van der Waals surface area contributed by atoms with Gasteiger partial charge in [-0.3, -0.25) is 14.9 Å². The summed E-state index contributed by atoms with van der Waals surface area (Å²) in [7, 11) is 0. The highest BCUT2D eigenvalue weighted by Crippen LogP contribution is 2.14. The van der Waals surface area contributed by atoms with E-state index in [-0.39, 0.29) is 18.1 Å². The van der Waals surface area contributed by atoms with E-state index in [2.05, 4.69) is 20.8 Å². The Bertz CT molecular complexity index is 983. The Morgan fingerprint density at radius 3 is 2.56 bits per heavy atom. The van der Waals surface area contributed by atoms with Crippen molar-refractivity contribution in [3.63, 3.8) is 0 Å². The molecule has 0 radical (unpaired) electrons. The lowest BCUT2D eigenvalue weighted by Crippen LogP contribution is -2.22. The highest BCUT2D eigenvalue weighted by Gasteiger charge is 2.09. The summed E-state index contributed by atoms with van der Waals surface area (Å²) in [5.74, 6) is 0.105. The molecule has 1 aromatic heterocycles. The van der Waals surface area contributed by atoms with E-state index in [0.717, 1.165) is 5.69 Å². The van der Waals surface area contributed by atoms with Gasteiger partial charge >= 0.3 is 0 Å². The number of aromatic nitrogens is 4. The zero-order valence-electron chi connectivity index (χ0n) is 13.8. The third-order valence-electron chi connectivity index (χ3n) is 3.56. The van der Waals surface area contributed by atoms with Gasteiger partial charge in [0.25, 0.3) is 5.69 Å². The van der Waals surface area contributed by atoms with Crippen LogP contribution < -0.4 is 5.32 Å². The average molecular weight is 385 g/mol. The summed E-state index contributed by atoms with van der Waals surface area (Å²) in [6, 6.07) is 12.8. The number of rotatable bonds is 6. The van der Waals surface area contributed by atoms with Crippen molar-refractivity contribution in [2.45, 2.75) is 6.54 Å². The molecule has 0 aliphatic rings. The average Bonchev–Trinajstić information content (AvgIpc) is 3.14. The van der Waals surface area contributed by atoms with Gasteiger partial charge in [-0.2, -0.15) is 4.68 Å². The lowest BCUT2D eigenvalue weighted by atomic mass is 10.2. The molecule has 1 N–H and O–H groups in total. The predicted molar refractivity (Wildman–Crippen MR) is 98.1 cm³/mol. The Labute approximate surface area is 158 Å². The molecule has 3 aromatic rings. The second-order valence-corrected chi connectivity index (χ2v) is 5.82. The molecule has 136 valence electrons. The molecule has 1 heterocycles. The molecule has 9 nitrogen and oxygen atoms in total. The zero-order valence-corrected chi connectivity index (χ0v) is 14.6. The molecule has 0 aliphatic heterocycles. The summed E-state index contributed by atoms with van der Waals surface area (Å²) in [4.78, 5) is 22.1. The number of halogens is 1. The molecule has 10 heteroatoms. The first-order chi connectivity index (χ1) is 13.0. The number of carbonyl (C=O) groups is 1. The zero-order chi connectivity index (χ0) is 19.2. The van der Waals surface area contributed by atoms with Crippen LogP contribution in [-0.4, -0.2) is 31.0 Å². The maximum Gasteiger partial charge on any atom is 0.269 e. The number of carbonyl (C=O) groups excluding carboxylic acids is 1. The number of nitro groups is 1. The van der Waals surface area contributed by atoms with Crippen LogP contribution in [0.1, 0.15) is 11.4 Å². The molecular formula is C17H13ClN6O3. The normalized spacial score (nSPS) is 10.9. The summed E-state index contributed by atoms with van der Waals surface area (Å²) >= 11 is 5.87. The van der Waals surface area contributed by atoms with E-state index in [1.807, 2.05) is 0 Å². The van der Waals surface area contributed by atoms with E-state index in [1.54, 1.807) is 42.5 Å². The summed E-state index contributed by atoms with van der Waals surface area (Å²) < 4.78 is 1.50. The first-order valence-corrected chi connectivity index (χ1v) is 8.14. The van der Waals surface area contributed by atoms with Crippen molar-refractivity contribution in [2.24, 2.45) is 0 Å². The maximum atomic E-state index is 12.0. The van der Waals surface area contributed by atoms with Gasteiger partial charge in [-0.25, -0.2) is 0 Å². The molecular weight excluding hydrogens is 372 g/mol. The number of nitro benzene ring substituents is 1. The summed E-state index contributed by atoms with van der Waals surface area (Å²) in [6.07, 6.45) is 2.89. The molecule has 0 saturated heterocycles. The van der Waals surface area contributed by atoms with Gasteiger partial charge in [0, 0.05) is 23.2 Å². The van der Waals surface area contributed by atoms with Gasteiger partial charge in [-0.05, 0) is 58.5 Å². The van der Waals surface area contributed by atoms with Gasteiger partial charge in [0.2, 0.25) is 5.91 Å². The van der Waals surface area contributed by atoms with Crippen LogP contribution in [0.4, 0.5) is 5.69 Å². The summed E-state index contributed by atoms with van der Waals surface area (Å²) in [5.41, 5.74) is 1.38. The Hall–Kier alpha value is -3.59. The molecule has 0 spiro atoms. The van der Waals surface area contributed by atoms with E-state index >= 15 is 0 Å². The SMILES string of the molecule is O=C(/C=C\c1ccc([N+](=O)[O-])cc1)NCc1nnnn1-c1ccc(Cl)cc1. The molecule has 0 unspecified atom stereocenters. The molecule has 0 bridgehead atoms. The second-order valence-electron chi connectivity index (χ2n) is 5.38. The Kier molecular flexibility index (Phi) is 5.53. The number of hydrogen-bond donors (Lipinski definition) is 1. The highest BCUT2D eigenvalue weighted by molar-refractivity contribution is 6.30. The number of hydrogen-bond acceptors (Lipinski definition) is 6. The van der Waals surface area contributed by atoms with Gasteiger partial charge in [0.05, 0.1) is 17.2 Å². The molecule has 1 amide bonds. The van der Waals surface area contributed by atoms with Gasteiger partial charge in [-0.15, -0.1) is 5.10 Å². The van der Waals surface area contributed by atoms with Crippen LogP contribution in [-0.2, 0) is 11.3 Å². The fourth-order valence-corrected chi connectivity index (χ4v) is 2.33. The molecule has 3 rings (SSSR count). The van der Waals surface area contributed by atoms with E-state index in [1.165, 1.54) is 22.9 Å². The third kappa shape index (κ3) is 4.73. The first kappa shape index (κ1) is 18.2. The highest BCUT2D eigenvalue weighted by atomic mass is 35.5. The van der Waals surface area contributed by atoms with Crippen LogP contribution in [0.5, 0.6) is 0 Å². The van der Waals surface area contributed by atoms with E-state index in [0.29, 0.717) is 16.4 Å². The molecule has 0 atom stereocenters. The number of benzene rings is 2. The number of amides is 1. The van der Waals surface area contributed by atoms with E-state index in [4.69, 9.17) is 11.6 Å². The minimum absolute atomic E-state index is 0.00867. The molecule has 27 heavy (non-hydrogen) atoms. The smallest absolute Gasteiger partial charge is 0.269 e. The lowest BCUT2D eigenvalue weighted by Gasteiger charge is -2.05. The van der Waals surface area contributed by atoms with Crippen molar-refractivity contribution in [1.29, 1.82) is 0 Å². The van der Waals surface area contributed by atoms with Crippen LogP contribution in [0.3, 0.4) is 0 Å². The Balaban J connectivity index is 1.60. The molecule has 0 fully saturated rings. The van der Waals surface area contributed by atoms with Gasteiger partial charge in [0.1, 0.15) is 0 Å². The molecule has 0 saturated carbocycles. The van der Waals surface area contributed by atoms with Crippen molar-refractivity contribution in [3.8, 4) is 5.69 Å². The van der Waals surface area contributed by atoms with Crippen LogP contribution >= 0.6 is 11.6 Å². The topological polar surface area (TPSA) is 116 Å². The summed E-state index contributed by atoms with van der Waals surface area (Å²) in [6.45, 7) is 0.124. The Morgan fingerprint density at radius 2 is 1.89 bits per heavy atom. The number of nitrogens with one attached hydrogen (secondary N) is 1. The van der Waals surface area contributed by atoms with Crippen LogP contribution in [0, 0.1) is 10.1 Å². The van der Waals surface area contributed by atoms with Gasteiger partial charge < -0.3 is 5.32 Å². The third-order valence-corrected chi connectivity index (χ3v) is 3.81. The van der Waals surface area contributed by atoms with E-state index < -0.39 is 4.92 Å². The standard InChI is InChI=1S/C17H13ClN6O3/c18-13-4-8-14(9-5-13)23-16(20-21-22-23)11-19-17(25)10-3-12-1-6-15(7-2-12)24(26)27/h1-10H,11H2,(H,19,25)/b10-3-. The van der Waals surface area contributed by atoms with Gasteiger partial charge in [-0.1, -0.05) is 11.6 Å². The first-order valence-electron chi connectivity index (χ1n) is 7.76. The van der Waals surface area contributed by atoms with E-state index in [9.17, 15) is 14.9 Å². The number of non-ortho nitro benzene ring substituents is 1. The maximum absolute atomic E-state index is 12.0. The number of nitrogens with zero attached hydrogens (tertiary/aromatic N) is 5. The minimum atomic E-state index is -0.481. The molecule has 2 aromatic carbocycles. The quantitative estimate of drug-likeness (QED) is 0.396. The van der Waals surface area contributed by atoms with Crippen LogP contribution in [0.25, 0.3) is 11.8 Å². The minimum Gasteiger partial charge on any atom is -0.345 e. The second kappa shape index (κ2) is 8.19. The lowest BCUT2D eigenvalue weighted by molar-refractivity contribution is -0.384. The predicted octanol–water partition coefficient (Wildman–Crippen LogP) is 2.55. The van der Waals surface area contributed by atoms with Crippen molar-refractivity contribution in [3.05, 3.63) is 81.1 Å². The fourth-order valence-electron chi connectivity index (χ4n) is 2.20. The summed E-state index contributed by atoms with van der Waals surface area (Å²) in [5, 5.41) is 25.3.